The summed E-state index contributed by atoms with van der Waals surface area (Å²) in [6, 6.07) is 22.7. The van der Waals surface area contributed by atoms with Crippen LogP contribution in [0.3, 0.4) is 0 Å². The van der Waals surface area contributed by atoms with E-state index in [4.69, 9.17) is 9.15 Å². The van der Waals surface area contributed by atoms with Gasteiger partial charge in [-0.25, -0.2) is 4.99 Å². The highest BCUT2D eigenvalue weighted by molar-refractivity contribution is 6.05. The van der Waals surface area contributed by atoms with Crippen molar-refractivity contribution in [2.24, 2.45) is 4.99 Å². The molecule has 0 saturated carbocycles. The van der Waals surface area contributed by atoms with Crippen molar-refractivity contribution in [3.63, 3.8) is 0 Å². The van der Waals surface area contributed by atoms with E-state index in [0.29, 0.717) is 29.2 Å². The Morgan fingerprint density at radius 2 is 1.77 bits per heavy atom. The molecule has 156 valence electrons. The summed E-state index contributed by atoms with van der Waals surface area (Å²) < 4.78 is 11.7. The van der Waals surface area contributed by atoms with E-state index in [1.807, 2.05) is 87.5 Å². The molecule has 1 heterocycles. The normalized spacial score (nSPS) is 11.5. The first-order valence-corrected chi connectivity index (χ1v) is 10.2. The predicted molar refractivity (Wildman–Crippen MR) is 123 cm³/mol. The summed E-state index contributed by atoms with van der Waals surface area (Å²) in [6.45, 7) is 6.42. The highest BCUT2D eigenvalue weighted by Gasteiger charge is 2.15. The highest BCUT2D eigenvalue weighted by atomic mass is 16.5. The van der Waals surface area contributed by atoms with Crippen LogP contribution in [0, 0.1) is 13.8 Å². The van der Waals surface area contributed by atoms with E-state index >= 15 is 0 Å². The van der Waals surface area contributed by atoms with Crippen molar-refractivity contribution >= 4 is 28.3 Å². The fourth-order valence-electron chi connectivity index (χ4n) is 3.39. The Morgan fingerprint density at radius 1 is 1.00 bits per heavy atom. The van der Waals surface area contributed by atoms with Gasteiger partial charge in [0.2, 0.25) is 5.55 Å². The summed E-state index contributed by atoms with van der Waals surface area (Å²) in [4.78, 5) is 17.9. The number of hydrogen-bond donors (Lipinski definition) is 1. The molecule has 5 heteroatoms. The fourth-order valence-corrected chi connectivity index (χ4v) is 3.39. The second-order valence-electron chi connectivity index (χ2n) is 7.29. The van der Waals surface area contributed by atoms with Crippen molar-refractivity contribution < 1.29 is 13.9 Å². The Hall–Kier alpha value is -3.86. The average Bonchev–Trinajstić information content (AvgIpc) is 2.76. The Kier molecular flexibility index (Phi) is 5.85. The highest BCUT2D eigenvalue weighted by Crippen LogP contribution is 2.27. The number of fused-ring (bicyclic) bond motifs is 1. The second kappa shape index (κ2) is 8.88. The van der Waals surface area contributed by atoms with E-state index in [1.165, 1.54) is 0 Å². The number of ether oxygens (including phenoxy) is 1. The molecule has 4 aromatic rings. The summed E-state index contributed by atoms with van der Waals surface area (Å²) >= 11 is 0. The number of rotatable bonds is 5. The Labute approximate surface area is 181 Å². The molecule has 0 spiro atoms. The fraction of sp³-hybridized carbons (Fsp3) is 0.154. The molecule has 0 bridgehead atoms. The van der Waals surface area contributed by atoms with Crippen LogP contribution in [0.1, 0.15) is 28.4 Å². The molecule has 31 heavy (non-hydrogen) atoms. The quantitative estimate of drug-likeness (QED) is 0.442. The molecule has 0 saturated heterocycles. The number of para-hydroxylation sites is 3. The average molecular weight is 412 g/mol. The number of nitrogens with zero attached hydrogens (tertiary/aromatic N) is 1. The van der Waals surface area contributed by atoms with E-state index in [1.54, 1.807) is 6.07 Å². The maximum atomic E-state index is 13.3. The molecule has 1 amide bonds. The molecular weight excluding hydrogens is 388 g/mol. The molecular formula is C26H24N2O3. The molecule has 0 radical (unpaired) electrons. The number of nitrogens with one attached hydrogen (secondary N) is 1. The predicted octanol–water partition coefficient (Wildman–Crippen LogP) is 5.93. The summed E-state index contributed by atoms with van der Waals surface area (Å²) in [5, 5.41) is 3.82. The zero-order valence-corrected chi connectivity index (χ0v) is 17.8. The maximum absolute atomic E-state index is 13.3. The van der Waals surface area contributed by atoms with Crippen LogP contribution in [0.15, 0.2) is 82.2 Å². The van der Waals surface area contributed by atoms with Crippen molar-refractivity contribution in [1.29, 1.82) is 0 Å². The Balaban J connectivity index is 1.85. The monoisotopic (exact) mass is 412 g/mol. The van der Waals surface area contributed by atoms with E-state index in [9.17, 15) is 4.79 Å². The van der Waals surface area contributed by atoms with Crippen molar-refractivity contribution in [1.82, 2.24) is 0 Å². The van der Waals surface area contributed by atoms with Gasteiger partial charge < -0.3 is 14.5 Å². The van der Waals surface area contributed by atoms with Crippen LogP contribution in [0.2, 0.25) is 0 Å². The summed E-state index contributed by atoms with van der Waals surface area (Å²) in [5.41, 5.74) is 4.72. The Bertz CT molecular complexity index is 1320. The van der Waals surface area contributed by atoms with Crippen LogP contribution in [-0.2, 0) is 0 Å². The van der Waals surface area contributed by atoms with Gasteiger partial charge in [0, 0.05) is 11.1 Å². The lowest BCUT2D eigenvalue weighted by Crippen LogP contribution is -2.22. The van der Waals surface area contributed by atoms with Gasteiger partial charge in [0.1, 0.15) is 22.6 Å². The molecule has 0 atom stereocenters. The SMILES string of the molecule is CCOc1ccccc1N=c1oc2ccccc2cc1C(=O)Nc1ccc(C)cc1C. The van der Waals surface area contributed by atoms with Gasteiger partial charge >= 0.3 is 0 Å². The third-order valence-corrected chi connectivity index (χ3v) is 4.92. The minimum absolute atomic E-state index is 0.230. The molecule has 5 nitrogen and oxygen atoms in total. The number of aryl methyl sites for hydroxylation is 2. The van der Waals surface area contributed by atoms with Gasteiger partial charge in [0.05, 0.1) is 6.61 Å². The largest absolute Gasteiger partial charge is 0.492 e. The number of amides is 1. The first-order valence-electron chi connectivity index (χ1n) is 10.2. The van der Waals surface area contributed by atoms with Crippen LogP contribution in [0.25, 0.3) is 11.0 Å². The minimum atomic E-state index is -0.283. The first kappa shape index (κ1) is 20.4. The summed E-state index contributed by atoms with van der Waals surface area (Å²) in [7, 11) is 0. The van der Waals surface area contributed by atoms with E-state index in [-0.39, 0.29) is 11.5 Å². The van der Waals surface area contributed by atoms with Gasteiger partial charge in [-0.05, 0) is 56.7 Å². The molecule has 0 fully saturated rings. The zero-order chi connectivity index (χ0) is 21.8. The topological polar surface area (TPSA) is 63.8 Å². The van der Waals surface area contributed by atoms with E-state index in [0.717, 1.165) is 22.2 Å². The van der Waals surface area contributed by atoms with Gasteiger partial charge in [-0.3, -0.25) is 4.79 Å². The van der Waals surface area contributed by atoms with Crippen molar-refractivity contribution in [3.05, 3.63) is 95.0 Å². The van der Waals surface area contributed by atoms with Crippen LogP contribution in [0.4, 0.5) is 11.4 Å². The molecule has 4 rings (SSSR count). The maximum Gasteiger partial charge on any atom is 0.261 e. The van der Waals surface area contributed by atoms with Gasteiger partial charge in [0.25, 0.3) is 5.91 Å². The first-order chi connectivity index (χ1) is 15.0. The lowest BCUT2D eigenvalue weighted by molar-refractivity contribution is 0.102. The van der Waals surface area contributed by atoms with E-state index < -0.39 is 0 Å². The van der Waals surface area contributed by atoms with Gasteiger partial charge in [0.15, 0.2) is 0 Å². The number of carbonyl (C=O) groups excluding carboxylic acids is 1. The van der Waals surface area contributed by atoms with Gasteiger partial charge in [-0.2, -0.15) is 0 Å². The Morgan fingerprint density at radius 3 is 2.58 bits per heavy atom. The van der Waals surface area contributed by atoms with Crippen LogP contribution >= 0.6 is 0 Å². The number of anilines is 1. The summed E-state index contributed by atoms with van der Waals surface area (Å²) in [6.07, 6.45) is 0. The number of benzene rings is 3. The van der Waals surface area contributed by atoms with Gasteiger partial charge in [-0.15, -0.1) is 0 Å². The smallest absolute Gasteiger partial charge is 0.261 e. The standard InChI is InChI=1S/C26H24N2O3/c1-4-30-24-12-8-6-10-22(24)28-26-20(16-19-9-5-7-11-23(19)31-26)25(29)27-21-14-13-17(2)15-18(21)3/h5-16H,4H2,1-3H3,(H,27,29). The minimum Gasteiger partial charge on any atom is -0.492 e. The molecule has 1 aromatic heterocycles. The van der Waals surface area contributed by atoms with Crippen molar-refractivity contribution in [2.45, 2.75) is 20.8 Å². The van der Waals surface area contributed by atoms with Crippen molar-refractivity contribution in [3.8, 4) is 5.75 Å². The van der Waals surface area contributed by atoms with Crippen LogP contribution in [0.5, 0.6) is 5.75 Å². The van der Waals surface area contributed by atoms with Crippen molar-refractivity contribution in [2.75, 3.05) is 11.9 Å². The lowest BCUT2D eigenvalue weighted by Gasteiger charge is -2.10. The number of carbonyl (C=O) groups is 1. The lowest BCUT2D eigenvalue weighted by atomic mass is 10.1. The molecule has 0 unspecified atom stereocenters. The second-order valence-corrected chi connectivity index (χ2v) is 7.29. The summed E-state index contributed by atoms with van der Waals surface area (Å²) in [5.74, 6) is 0.350. The third kappa shape index (κ3) is 4.51. The third-order valence-electron chi connectivity index (χ3n) is 4.92. The van der Waals surface area contributed by atoms with Gasteiger partial charge in [-0.1, -0.05) is 48.0 Å². The molecule has 0 aliphatic rings. The number of hydrogen-bond acceptors (Lipinski definition) is 4. The van der Waals surface area contributed by atoms with E-state index in [2.05, 4.69) is 10.3 Å². The van der Waals surface area contributed by atoms with Crippen LogP contribution in [-0.4, -0.2) is 12.5 Å². The van der Waals surface area contributed by atoms with Crippen LogP contribution < -0.4 is 15.6 Å². The molecule has 0 aliphatic heterocycles. The molecule has 3 aromatic carbocycles. The molecule has 1 N–H and O–H groups in total. The molecule has 0 aliphatic carbocycles. The zero-order valence-electron chi connectivity index (χ0n) is 17.8.